The first kappa shape index (κ1) is 10.9. The quantitative estimate of drug-likeness (QED) is 0.709. The van der Waals surface area contributed by atoms with E-state index < -0.39 is 0 Å². The summed E-state index contributed by atoms with van der Waals surface area (Å²) in [5.41, 5.74) is 3.94. The molecule has 1 nitrogen and oxygen atoms in total. The van der Waals surface area contributed by atoms with Gasteiger partial charge in [0.05, 0.1) is 0 Å². The molecule has 0 aromatic heterocycles. The maximum atomic E-state index is 10.5. The molecule has 0 heterocycles. The molecule has 0 spiro atoms. The molecule has 0 aliphatic rings. The number of hydrogen-bond acceptors (Lipinski definition) is 1. The molecule has 0 amide bonds. The van der Waals surface area contributed by atoms with E-state index in [0.717, 1.165) is 28.0 Å². The first-order valence-corrected chi connectivity index (χ1v) is 5.40. The zero-order valence-corrected chi connectivity index (χ0v) is 9.66. The Bertz CT molecular complexity index is 515. The number of hydrogen-bond donors (Lipinski definition) is 0. The SMILES string of the molecule is Cc1cc(-c2ccc(C=O)cc2)ccc1Cl. The summed E-state index contributed by atoms with van der Waals surface area (Å²) in [7, 11) is 0. The van der Waals surface area contributed by atoms with Crippen LogP contribution in [0.5, 0.6) is 0 Å². The van der Waals surface area contributed by atoms with Gasteiger partial charge in [0.2, 0.25) is 0 Å². The molecule has 0 saturated heterocycles. The Labute approximate surface area is 99.7 Å². The second-order valence-electron chi connectivity index (χ2n) is 3.70. The van der Waals surface area contributed by atoms with Gasteiger partial charge in [0, 0.05) is 10.6 Å². The van der Waals surface area contributed by atoms with Crippen LogP contribution in [0.3, 0.4) is 0 Å². The second-order valence-corrected chi connectivity index (χ2v) is 4.11. The van der Waals surface area contributed by atoms with Crippen LogP contribution in [0.1, 0.15) is 15.9 Å². The van der Waals surface area contributed by atoms with Gasteiger partial charge in [-0.1, -0.05) is 41.9 Å². The van der Waals surface area contributed by atoms with Crippen LogP contribution >= 0.6 is 11.6 Å². The topological polar surface area (TPSA) is 17.1 Å². The first-order chi connectivity index (χ1) is 7.70. The van der Waals surface area contributed by atoms with E-state index in [1.165, 1.54) is 0 Å². The number of halogens is 1. The number of aldehydes is 1. The van der Waals surface area contributed by atoms with E-state index in [4.69, 9.17) is 11.6 Å². The van der Waals surface area contributed by atoms with Gasteiger partial charge in [-0.25, -0.2) is 0 Å². The normalized spacial score (nSPS) is 10.1. The fourth-order valence-electron chi connectivity index (χ4n) is 1.58. The number of rotatable bonds is 2. The van der Waals surface area contributed by atoms with Crippen molar-refractivity contribution >= 4 is 17.9 Å². The van der Waals surface area contributed by atoms with Crippen LogP contribution in [0.25, 0.3) is 11.1 Å². The van der Waals surface area contributed by atoms with Crippen LogP contribution in [-0.2, 0) is 0 Å². The monoisotopic (exact) mass is 230 g/mol. The van der Waals surface area contributed by atoms with Gasteiger partial charge in [0.15, 0.2) is 0 Å². The summed E-state index contributed by atoms with van der Waals surface area (Å²) >= 11 is 5.97. The Balaban J connectivity index is 2.42. The van der Waals surface area contributed by atoms with Crippen molar-refractivity contribution in [1.29, 1.82) is 0 Å². The number of carbonyl (C=O) groups is 1. The van der Waals surface area contributed by atoms with Crippen molar-refractivity contribution in [2.75, 3.05) is 0 Å². The molecular formula is C14H11ClO. The third-order valence-corrected chi connectivity index (χ3v) is 2.96. The van der Waals surface area contributed by atoms with E-state index in [1.54, 1.807) is 0 Å². The lowest BCUT2D eigenvalue weighted by molar-refractivity contribution is 0.112. The molecule has 0 unspecified atom stereocenters. The minimum absolute atomic E-state index is 0.689. The van der Waals surface area contributed by atoms with Gasteiger partial charge in [-0.3, -0.25) is 4.79 Å². The molecule has 0 aliphatic heterocycles. The predicted octanol–water partition coefficient (Wildman–Crippen LogP) is 4.13. The largest absolute Gasteiger partial charge is 0.298 e. The Morgan fingerprint density at radius 3 is 2.19 bits per heavy atom. The molecular weight excluding hydrogens is 220 g/mol. The van der Waals surface area contributed by atoms with Crippen molar-refractivity contribution in [2.45, 2.75) is 6.92 Å². The highest BCUT2D eigenvalue weighted by Crippen LogP contribution is 2.24. The van der Waals surface area contributed by atoms with E-state index in [1.807, 2.05) is 49.4 Å². The lowest BCUT2D eigenvalue weighted by atomic mass is 10.0. The molecule has 0 atom stereocenters. The van der Waals surface area contributed by atoms with Crippen LogP contribution in [0.15, 0.2) is 42.5 Å². The lowest BCUT2D eigenvalue weighted by Crippen LogP contribution is -1.83. The van der Waals surface area contributed by atoms with Crippen molar-refractivity contribution in [1.82, 2.24) is 0 Å². The summed E-state index contributed by atoms with van der Waals surface area (Å²) in [5.74, 6) is 0. The van der Waals surface area contributed by atoms with Crippen molar-refractivity contribution in [2.24, 2.45) is 0 Å². The Hall–Kier alpha value is -1.60. The fourth-order valence-corrected chi connectivity index (χ4v) is 1.70. The number of aryl methyl sites for hydroxylation is 1. The highest BCUT2D eigenvalue weighted by atomic mass is 35.5. The molecule has 16 heavy (non-hydrogen) atoms. The van der Waals surface area contributed by atoms with Crippen LogP contribution in [-0.4, -0.2) is 6.29 Å². The standard InChI is InChI=1S/C14H11ClO/c1-10-8-13(6-7-14(10)15)12-4-2-11(9-16)3-5-12/h2-9H,1H3. The predicted molar refractivity (Wildman–Crippen MR) is 67.0 cm³/mol. The molecule has 2 aromatic carbocycles. The lowest BCUT2D eigenvalue weighted by Gasteiger charge is -2.04. The number of benzene rings is 2. The van der Waals surface area contributed by atoms with E-state index in [-0.39, 0.29) is 0 Å². The summed E-state index contributed by atoms with van der Waals surface area (Å²) in [5, 5.41) is 0.772. The summed E-state index contributed by atoms with van der Waals surface area (Å²) in [4.78, 5) is 10.5. The highest BCUT2D eigenvalue weighted by molar-refractivity contribution is 6.31. The van der Waals surface area contributed by atoms with Gasteiger partial charge in [-0.2, -0.15) is 0 Å². The summed E-state index contributed by atoms with van der Waals surface area (Å²) in [6.45, 7) is 1.98. The zero-order chi connectivity index (χ0) is 11.5. The van der Waals surface area contributed by atoms with Gasteiger partial charge in [-0.05, 0) is 35.7 Å². The number of carbonyl (C=O) groups excluding carboxylic acids is 1. The smallest absolute Gasteiger partial charge is 0.150 e. The summed E-state index contributed by atoms with van der Waals surface area (Å²) < 4.78 is 0. The summed E-state index contributed by atoms with van der Waals surface area (Å²) in [6, 6.07) is 13.4. The van der Waals surface area contributed by atoms with E-state index in [2.05, 4.69) is 0 Å². The van der Waals surface area contributed by atoms with Crippen LogP contribution in [0.4, 0.5) is 0 Å². The highest BCUT2D eigenvalue weighted by Gasteiger charge is 2.00. The van der Waals surface area contributed by atoms with Gasteiger partial charge in [0.25, 0.3) is 0 Å². The van der Waals surface area contributed by atoms with Crippen molar-refractivity contribution in [3.63, 3.8) is 0 Å². The first-order valence-electron chi connectivity index (χ1n) is 5.02. The minimum atomic E-state index is 0.689. The Kier molecular flexibility index (Phi) is 3.07. The molecule has 80 valence electrons. The van der Waals surface area contributed by atoms with E-state index in [0.29, 0.717) is 5.56 Å². The van der Waals surface area contributed by atoms with Crippen LogP contribution in [0, 0.1) is 6.92 Å². The van der Waals surface area contributed by atoms with E-state index in [9.17, 15) is 4.79 Å². The fraction of sp³-hybridized carbons (Fsp3) is 0.0714. The Morgan fingerprint density at radius 2 is 1.62 bits per heavy atom. The maximum absolute atomic E-state index is 10.5. The molecule has 0 aliphatic carbocycles. The molecule has 0 fully saturated rings. The van der Waals surface area contributed by atoms with Crippen molar-refractivity contribution in [3.05, 3.63) is 58.6 Å². The van der Waals surface area contributed by atoms with Gasteiger partial charge in [-0.15, -0.1) is 0 Å². The van der Waals surface area contributed by atoms with Crippen LogP contribution in [0.2, 0.25) is 5.02 Å². The van der Waals surface area contributed by atoms with Crippen LogP contribution < -0.4 is 0 Å². The molecule has 2 aromatic rings. The van der Waals surface area contributed by atoms with E-state index >= 15 is 0 Å². The third kappa shape index (κ3) is 2.15. The molecule has 2 rings (SSSR count). The molecule has 2 heteroatoms. The van der Waals surface area contributed by atoms with Crippen molar-refractivity contribution < 1.29 is 4.79 Å². The van der Waals surface area contributed by atoms with Gasteiger partial charge >= 0.3 is 0 Å². The van der Waals surface area contributed by atoms with Crippen molar-refractivity contribution in [3.8, 4) is 11.1 Å². The zero-order valence-electron chi connectivity index (χ0n) is 8.91. The molecule has 0 radical (unpaired) electrons. The Morgan fingerprint density at radius 1 is 1.00 bits per heavy atom. The third-order valence-electron chi connectivity index (χ3n) is 2.54. The average molecular weight is 231 g/mol. The molecule has 0 bridgehead atoms. The maximum Gasteiger partial charge on any atom is 0.150 e. The molecule has 0 saturated carbocycles. The molecule has 0 N–H and O–H groups in total. The second kappa shape index (κ2) is 4.50. The average Bonchev–Trinajstić information content (AvgIpc) is 2.33. The van der Waals surface area contributed by atoms with Gasteiger partial charge in [0.1, 0.15) is 6.29 Å². The van der Waals surface area contributed by atoms with Gasteiger partial charge < -0.3 is 0 Å². The summed E-state index contributed by atoms with van der Waals surface area (Å²) in [6.07, 6.45) is 0.844. The minimum Gasteiger partial charge on any atom is -0.298 e.